The number of carbonyl (C=O) groups excluding carboxylic acids is 1. The maximum Gasteiger partial charge on any atom is 0.270 e. The van der Waals surface area contributed by atoms with Crippen molar-refractivity contribution in [3.63, 3.8) is 0 Å². The average Bonchev–Trinajstić information content (AvgIpc) is 2.91. The molecular weight excluding hydrogens is 324 g/mol. The Morgan fingerprint density at radius 3 is 2.54 bits per heavy atom. The summed E-state index contributed by atoms with van der Waals surface area (Å²) in [5, 5.41) is 1.66. The molecule has 24 heavy (non-hydrogen) atoms. The number of rotatable bonds is 4. The molecule has 0 atom stereocenters. The second-order valence-corrected chi connectivity index (χ2v) is 6.24. The molecule has 1 amide bonds. The standard InChI is InChI=1S/C19H19ClN2O2/c1-21(12-13-4-8-16(24-3)9-5-13)19(23)18-10-14-6-7-15(20)11-17(14)22(18)2/h4-11H,12H2,1-3H3. The summed E-state index contributed by atoms with van der Waals surface area (Å²) in [7, 11) is 5.32. The lowest BCUT2D eigenvalue weighted by molar-refractivity contribution is 0.0776. The average molecular weight is 343 g/mol. The van der Waals surface area contributed by atoms with E-state index in [1.165, 1.54) is 0 Å². The summed E-state index contributed by atoms with van der Waals surface area (Å²) in [5.74, 6) is 0.777. The number of carbonyl (C=O) groups is 1. The van der Waals surface area contributed by atoms with Gasteiger partial charge in [-0.05, 0) is 35.9 Å². The van der Waals surface area contributed by atoms with Gasteiger partial charge in [0.05, 0.1) is 7.11 Å². The Labute approximate surface area is 146 Å². The third kappa shape index (κ3) is 3.10. The van der Waals surface area contributed by atoms with Crippen molar-refractivity contribution in [2.75, 3.05) is 14.2 Å². The highest BCUT2D eigenvalue weighted by molar-refractivity contribution is 6.31. The summed E-state index contributed by atoms with van der Waals surface area (Å²) in [6, 6.07) is 15.2. The number of aromatic nitrogens is 1. The van der Waals surface area contributed by atoms with Crippen LogP contribution in [0.4, 0.5) is 0 Å². The molecular formula is C19H19ClN2O2. The lowest BCUT2D eigenvalue weighted by Crippen LogP contribution is -2.27. The van der Waals surface area contributed by atoms with Gasteiger partial charge in [-0.1, -0.05) is 29.8 Å². The Kier molecular flexibility index (Phi) is 4.49. The molecule has 4 nitrogen and oxygen atoms in total. The van der Waals surface area contributed by atoms with E-state index in [1.807, 2.05) is 60.1 Å². The normalized spacial score (nSPS) is 10.8. The fraction of sp³-hybridized carbons (Fsp3) is 0.211. The van der Waals surface area contributed by atoms with Crippen LogP contribution in [0.25, 0.3) is 10.9 Å². The van der Waals surface area contributed by atoms with Crippen LogP contribution < -0.4 is 4.74 Å². The minimum absolute atomic E-state index is 0.0272. The van der Waals surface area contributed by atoms with Gasteiger partial charge in [0.25, 0.3) is 5.91 Å². The highest BCUT2D eigenvalue weighted by Gasteiger charge is 2.17. The number of fused-ring (bicyclic) bond motifs is 1. The van der Waals surface area contributed by atoms with Crippen LogP contribution in [0.5, 0.6) is 5.75 Å². The van der Waals surface area contributed by atoms with Gasteiger partial charge in [-0.15, -0.1) is 0 Å². The number of hydrogen-bond donors (Lipinski definition) is 0. The molecule has 3 rings (SSSR count). The van der Waals surface area contributed by atoms with Gasteiger partial charge in [0.2, 0.25) is 0 Å². The molecule has 0 aliphatic carbocycles. The van der Waals surface area contributed by atoms with Crippen LogP contribution in [-0.4, -0.2) is 29.5 Å². The molecule has 1 heterocycles. The molecule has 0 unspecified atom stereocenters. The van der Waals surface area contributed by atoms with Gasteiger partial charge >= 0.3 is 0 Å². The van der Waals surface area contributed by atoms with Crippen LogP contribution in [0.3, 0.4) is 0 Å². The smallest absolute Gasteiger partial charge is 0.270 e. The van der Waals surface area contributed by atoms with Gasteiger partial charge in [-0.25, -0.2) is 0 Å². The molecule has 5 heteroatoms. The molecule has 2 aromatic carbocycles. The van der Waals surface area contributed by atoms with Crippen LogP contribution in [-0.2, 0) is 13.6 Å². The Balaban J connectivity index is 1.83. The van der Waals surface area contributed by atoms with Crippen molar-refractivity contribution in [3.8, 4) is 5.75 Å². The monoisotopic (exact) mass is 342 g/mol. The van der Waals surface area contributed by atoms with E-state index in [4.69, 9.17) is 16.3 Å². The molecule has 1 aromatic heterocycles. The molecule has 0 bridgehead atoms. The first-order valence-corrected chi connectivity index (χ1v) is 8.01. The van der Waals surface area contributed by atoms with Crippen LogP contribution in [0.2, 0.25) is 5.02 Å². The summed E-state index contributed by atoms with van der Waals surface area (Å²) >= 11 is 6.06. The molecule has 0 saturated heterocycles. The van der Waals surface area contributed by atoms with Gasteiger partial charge in [-0.2, -0.15) is 0 Å². The zero-order valence-corrected chi connectivity index (χ0v) is 14.7. The number of hydrogen-bond acceptors (Lipinski definition) is 2. The summed E-state index contributed by atoms with van der Waals surface area (Å²) < 4.78 is 7.04. The molecule has 0 spiro atoms. The molecule has 0 N–H and O–H groups in total. The van der Waals surface area contributed by atoms with E-state index in [-0.39, 0.29) is 5.91 Å². The Morgan fingerprint density at radius 2 is 1.88 bits per heavy atom. The quantitative estimate of drug-likeness (QED) is 0.715. The van der Waals surface area contributed by atoms with Crippen molar-refractivity contribution >= 4 is 28.4 Å². The first-order chi connectivity index (χ1) is 11.5. The van der Waals surface area contributed by atoms with E-state index >= 15 is 0 Å². The fourth-order valence-corrected chi connectivity index (χ4v) is 2.95. The van der Waals surface area contributed by atoms with Gasteiger partial charge in [0, 0.05) is 36.6 Å². The van der Waals surface area contributed by atoms with Gasteiger partial charge < -0.3 is 14.2 Å². The second kappa shape index (κ2) is 6.57. The van der Waals surface area contributed by atoms with Crippen LogP contribution >= 0.6 is 11.6 Å². The highest BCUT2D eigenvalue weighted by Crippen LogP contribution is 2.23. The van der Waals surface area contributed by atoms with Crippen LogP contribution in [0.1, 0.15) is 16.1 Å². The van der Waals surface area contributed by atoms with Gasteiger partial charge in [-0.3, -0.25) is 4.79 Å². The number of benzene rings is 2. The van der Waals surface area contributed by atoms with Crippen LogP contribution in [0, 0.1) is 0 Å². The zero-order chi connectivity index (χ0) is 17.3. The van der Waals surface area contributed by atoms with Gasteiger partial charge in [0.1, 0.15) is 11.4 Å². The third-order valence-corrected chi connectivity index (χ3v) is 4.39. The second-order valence-electron chi connectivity index (χ2n) is 5.80. The van der Waals surface area contributed by atoms with Crippen molar-refractivity contribution in [2.45, 2.75) is 6.54 Å². The highest BCUT2D eigenvalue weighted by atomic mass is 35.5. The molecule has 124 valence electrons. The minimum atomic E-state index is -0.0272. The molecule has 0 saturated carbocycles. The summed E-state index contributed by atoms with van der Waals surface area (Å²) in [6.07, 6.45) is 0. The van der Waals surface area contributed by atoms with Crippen molar-refractivity contribution in [1.82, 2.24) is 9.47 Å². The minimum Gasteiger partial charge on any atom is -0.497 e. The largest absolute Gasteiger partial charge is 0.497 e. The molecule has 0 aliphatic rings. The van der Waals surface area contributed by atoms with Gasteiger partial charge in [0.15, 0.2) is 0 Å². The van der Waals surface area contributed by atoms with E-state index < -0.39 is 0 Å². The first-order valence-electron chi connectivity index (χ1n) is 7.63. The Bertz CT molecular complexity index is 884. The molecule has 3 aromatic rings. The predicted molar refractivity (Wildman–Crippen MR) is 96.7 cm³/mol. The first kappa shape index (κ1) is 16.4. The number of aryl methyl sites for hydroxylation is 1. The van der Waals surface area contributed by atoms with Crippen molar-refractivity contribution in [2.24, 2.45) is 7.05 Å². The summed E-state index contributed by atoms with van der Waals surface area (Å²) in [5.41, 5.74) is 2.64. The maximum atomic E-state index is 12.8. The van der Waals surface area contributed by atoms with Crippen molar-refractivity contribution in [1.29, 1.82) is 0 Å². The fourth-order valence-electron chi connectivity index (χ4n) is 2.78. The van der Waals surface area contributed by atoms with E-state index in [9.17, 15) is 4.79 Å². The zero-order valence-electron chi connectivity index (χ0n) is 13.9. The topological polar surface area (TPSA) is 34.5 Å². The van der Waals surface area contributed by atoms with E-state index in [0.29, 0.717) is 17.3 Å². The lowest BCUT2D eigenvalue weighted by atomic mass is 10.2. The lowest BCUT2D eigenvalue weighted by Gasteiger charge is -2.18. The summed E-state index contributed by atoms with van der Waals surface area (Å²) in [6.45, 7) is 0.533. The molecule has 0 radical (unpaired) electrons. The number of ether oxygens (including phenoxy) is 1. The molecule has 0 fully saturated rings. The van der Waals surface area contributed by atoms with Crippen LogP contribution in [0.15, 0.2) is 48.5 Å². The van der Waals surface area contributed by atoms with E-state index in [1.54, 1.807) is 19.1 Å². The number of halogens is 1. The third-order valence-electron chi connectivity index (χ3n) is 4.15. The number of methoxy groups -OCH3 is 1. The summed E-state index contributed by atoms with van der Waals surface area (Å²) in [4.78, 5) is 14.5. The Morgan fingerprint density at radius 1 is 1.17 bits per heavy atom. The predicted octanol–water partition coefficient (Wildman–Crippen LogP) is 4.11. The SMILES string of the molecule is COc1ccc(CN(C)C(=O)c2cc3ccc(Cl)cc3n2C)cc1. The Hall–Kier alpha value is -2.46. The van der Waals surface area contributed by atoms with Crippen molar-refractivity contribution < 1.29 is 9.53 Å². The number of amides is 1. The maximum absolute atomic E-state index is 12.8. The van der Waals surface area contributed by atoms with Crippen molar-refractivity contribution in [3.05, 3.63) is 64.8 Å². The van der Waals surface area contributed by atoms with E-state index in [2.05, 4.69) is 0 Å². The number of nitrogens with zero attached hydrogens (tertiary/aromatic N) is 2. The van der Waals surface area contributed by atoms with E-state index in [0.717, 1.165) is 22.2 Å². The molecule has 0 aliphatic heterocycles.